The van der Waals surface area contributed by atoms with Gasteiger partial charge in [0.2, 0.25) is 0 Å². The number of nitrogens with two attached hydrogens (primary N) is 1. The van der Waals surface area contributed by atoms with Crippen LogP contribution in [0.2, 0.25) is 0 Å². The van der Waals surface area contributed by atoms with Crippen molar-refractivity contribution in [3.63, 3.8) is 0 Å². The van der Waals surface area contributed by atoms with Crippen LogP contribution >= 0.6 is 0 Å². The molecule has 6 heteroatoms. The number of rotatable bonds is 9. The fourth-order valence-electron chi connectivity index (χ4n) is 3.62. The molecule has 2 aromatic carbocycles. The van der Waals surface area contributed by atoms with Crippen molar-refractivity contribution in [1.82, 2.24) is 5.32 Å². The molecule has 160 valence electrons. The van der Waals surface area contributed by atoms with Crippen LogP contribution < -0.4 is 21.2 Å². The van der Waals surface area contributed by atoms with Gasteiger partial charge in [-0.1, -0.05) is 26.0 Å². The van der Waals surface area contributed by atoms with Crippen LogP contribution in [0.15, 0.2) is 51.7 Å². The summed E-state index contributed by atoms with van der Waals surface area (Å²) < 4.78 is 25.3. The maximum atomic E-state index is 13.8. The van der Waals surface area contributed by atoms with Gasteiger partial charge in [-0.05, 0) is 55.3 Å². The number of nitrogens with one attached hydrogen (secondary N) is 1. The predicted molar refractivity (Wildman–Crippen MR) is 117 cm³/mol. The molecule has 3 rings (SSSR count). The number of fused-ring (bicyclic) bond motifs is 1. The molecule has 0 amide bonds. The Labute approximate surface area is 176 Å². The molecular formula is C24H29FN2O3. The van der Waals surface area contributed by atoms with Crippen molar-refractivity contribution < 1.29 is 13.5 Å². The highest BCUT2D eigenvalue weighted by Crippen LogP contribution is 2.29. The van der Waals surface area contributed by atoms with Crippen molar-refractivity contribution in [3.8, 4) is 5.75 Å². The lowest BCUT2D eigenvalue weighted by Crippen LogP contribution is -2.30. The summed E-state index contributed by atoms with van der Waals surface area (Å²) >= 11 is 0. The van der Waals surface area contributed by atoms with Gasteiger partial charge < -0.3 is 20.2 Å². The summed E-state index contributed by atoms with van der Waals surface area (Å²) in [5.41, 5.74) is 7.27. The highest BCUT2D eigenvalue weighted by atomic mass is 19.1. The van der Waals surface area contributed by atoms with Gasteiger partial charge in [0, 0.05) is 18.1 Å². The summed E-state index contributed by atoms with van der Waals surface area (Å²) in [5, 5.41) is 3.84. The summed E-state index contributed by atoms with van der Waals surface area (Å²) in [6.45, 7) is 5.39. The molecule has 0 saturated carbocycles. The Morgan fingerprint density at radius 3 is 2.70 bits per heavy atom. The molecule has 1 heterocycles. The molecule has 3 aromatic rings. The van der Waals surface area contributed by atoms with Gasteiger partial charge in [-0.15, -0.1) is 0 Å². The van der Waals surface area contributed by atoms with Crippen LogP contribution in [0, 0.1) is 11.7 Å². The summed E-state index contributed by atoms with van der Waals surface area (Å²) in [4.78, 5) is 13.4. The van der Waals surface area contributed by atoms with Crippen molar-refractivity contribution in [2.75, 3.05) is 20.2 Å². The average molecular weight is 413 g/mol. The van der Waals surface area contributed by atoms with Crippen molar-refractivity contribution >= 4 is 11.0 Å². The van der Waals surface area contributed by atoms with Crippen molar-refractivity contribution in [2.24, 2.45) is 11.7 Å². The van der Waals surface area contributed by atoms with E-state index in [1.807, 2.05) is 24.3 Å². The van der Waals surface area contributed by atoms with E-state index in [2.05, 4.69) is 19.2 Å². The second kappa shape index (κ2) is 9.87. The number of benzene rings is 2. The van der Waals surface area contributed by atoms with Crippen molar-refractivity contribution in [1.29, 1.82) is 0 Å². The van der Waals surface area contributed by atoms with Crippen molar-refractivity contribution in [2.45, 2.75) is 32.7 Å². The van der Waals surface area contributed by atoms with Gasteiger partial charge in [0.25, 0.3) is 0 Å². The summed E-state index contributed by atoms with van der Waals surface area (Å²) in [6.07, 6.45) is 1.20. The van der Waals surface area contributed by atoms with Crippen LogP contribution in [-0.2, 0) is 6.42 Å². The normalized spacial score (nSPS) is 12.5. The summed E-state index contributed by atoms with van der Waals surface area (Å²) in [7, 11) is 1.61. The Kier molecular flexibility index (Phi) is 7.24. The Bertz CT molecular complexity index is 1060. The smallest absolute Gasteiger partial charge is 0.196 e. The molecule has 0 radical (unpaired) electrons. The average Bonchev–Trinajstić information content (AvgIpc) is 2.73. The van der Waals surface area contributed by atoms with Crippen LogP contribution in [0.4, 0.5) is 4.39 Å². The van der Waals surface area contributed by atoms with E-state index in [0.29, 0.717) is 36.2 Å². The van der Waals surface area contributed by atoms with Gasteiger partial charge in [0.1, 0.15) is 22.9 Å². The summed E-state index contributed by atoms with van der Waals surface area (Å²) in [6, 6.07) is 11.5. The number of hydrogen-bond donors (Lipinski definition) is 2. The zero-order valence-corrected chi connectivity index (χ0v) is 17.7. The monoisotopic (exact) mass is 412 g/mol. The number of halogens is 1. The molecule has 1 atom stereocenters. The Hall–Kier alpha value is -2.70. The standard InChI is InChI=1S/C24H29FN2O3/c1-15(2)22(27-11-5-10-26)24-20(13-16-6-4-7-18(12-16)29-3)23(28)19-9-8-17(25)14-21(19)30-24/h4,6-9,12,14-15,22,27H,5,10-11,13,26H2,1-3H3. The fraction of sp³-hybridized carbons (Fsp3) is 0.375. The molecule has 0 saturated heterocycles. The van der Waals surface area contributed by atoms with Crippen LogP contribution in [0.1, 0.15) is 43.2 Å². The van der Waals surface area contributed by atoms with E-state index >= 15 is 0 Å². The van der Waals surface area contributed by atoms with Crippen LogP contribution in [-0.4, -0.2) is 20.2 Å². The van der Waals surface area contributed by atoms with E-state index < -0.39 is 5.82 Å². The van der Waals surface area contributed by atoms with Crippen LogP contribution in [0.5, 0.6) is 5.75 Å². The lowest BCUT2D eigenvalue weighted by Gasteiger charge is -2.24. The number of methoxy groups -OCH3 is 1. The molecule has 3 N–H and O–H groups in total. The highest BCUT2D eigenvalue weighted by Gasteiger charge is 2.25. The molecule has 1 aromatic heterocycles. The van der Waals surface area contributed by atoms with Gasteiger partial charge in [-0.2, -0.15) is 0 Å². The Morgan fingerprint density at radius 1 is 1.20 bits per heavy atom. The zero-order valence-electron chi connectivity index (χ0n) is 17.7. The van der Waals surface area contributed by atoms with Gasteiger partial charge in [-0.25, -0.2) is 4.39 Å². The first-order valence-electron chi connectivity index (χ1n) is 10.3. The highest BCUT2D eigenvalue weighted by molar-refractivity contribution is 5.77. The third-order valence-corrected chi connectivity index (χ3v) is 5.19. The van der Waals surface area contributed by atoms with Gasteiger partial charge in [0.15, 0.2) is 5.43 Å². The minimum Gasteiger partial charge on any atom is -0.497 e. The maximum absolute atomic E-state index is 13.8. The Morgan fingerprint density at radius 2 is 2.00 bits per heavy atom. The summed E-state index contributed by atoms with van der Waals surface area (Å²) in [5.74, 6) is 0.992. The first-order valence-corrected chi connectivity index (χ1v) is 10.3. The lowest BCUT2D eigenvalue weighted by molar-refractivity contribution is 0.341. The molecule has 5 nitrogen and oxygen atoms in total. The molecule has 30 heavy (non-hydrogen) atoms. The predicted octanol–water partition coefficient (Wildman–Crippen LogP) is 4.17. The zero-order chi connectivity index (χ0) is 21.7. The third kappa shape index (κ3) is 4.89. The number of hydrogen-bond acceptors (Lipinski definition) is 5. The maximum Gasteiger partial charge on any atom is 0.196 e. The van der Waals surface area contributed by atoms with E-state index in [0.717, 1.165) is 17.7 Å². The first-order chi connectivity index (χ1) is 14.4. The minimum absolute atomic E-state index is 0.139. The Balaban J connectivity index is 2.16. The quantitative estimate of drug-likeness (QED) is 0.516. The molecule has 0 spiro atoms. The number of ether oxygens (including phenoxy) is 1. The molecule has 0 aliphatic rings. The lowest BCUT2D eigenvalue weighted by atomic mass is 9.93. The molecule has 0 bridgehead atoms. The van der Waals surface area contributed by atoms with Crippen LogP contribution in [0.3, 0.4) is 0 Å². The second-order valence-corrected chi connectivity index (χ2v) is 7.76. The first kappa shape index (κ1) is 22.0. The van der Waals surface area contributed by atoms with E-state index in [1.54, 1.807) is 7.11 Å². The van der Waals surface area contributed by atoms with E-state index in [4.69, 9.17) is 14.9 Å². The van der Waals surface area contributed by atoms with Gasteiger partial charge >= 0.3 is 0 Å². The van der Waals surface area contributed by atoms with Crippen LogP contribution in [0.25, 0.3) is 11.0 Å². The van der Waals surface area contributed by atoms with Crippen molar-refractivity contribution in [3.05, 3.63) is 75.4 Å². The molecule has 1 unspecified atom stereocenters. The molecular weight excluding hydrogens is 383 g/mol. The van der Waals surface area contributed by atoms with Gasteiger partial charge in [0.05, 0.1) is 18.5 Å². The van der Waals surface area contributed by atoms with E-state index in [-0.39, 0.29) is 23.0 Å². The van der Waals surface area contributed by atoms with Gasteiger partial charge in [-0.3, -0.25) is 4.79 Å². The minimum atomic E-state index is -0.436. The molecule has 0 aliphatic carbocycles. The largest absolute Gasteiger partial charge is 0.497 e. The fourth-order valence-corrected chi connectivity index (χ4v) is 3.62. The van der Waals surface area contributed by atoms with E-state index in [9.17, 15) is 9.18 Å². The topological polar surface area (TPSA) is 77.5 Å². The SMILES string of the molecule is COc1cccc(Cc2c(C(NCCCN)C(C)C)oc3cc(F)ccc3c2=O)c1. The molecule has 0 aliphatic heterocycles. The molecule has 0 fully saturated rings. The third-order valence-electron chi connectivity index (χ3n) is 5.19. The second-order valence-electron chi connectivity index (χ2n) is 7.76. The van der Waals surface area contributed by atoms with E-state index in [1.165, 1.54) is 18.2 Å².